The van der Waals surface area contributed by atoms with Crippen LogP contribution in [0.3, 0.4) is 0 Å². The van der Waals surface area contributed by atoms with Gasteiger partial charge in [0.2, 0.25) is 25.0 Å². The van der Waals surface area contributed by atoms with Crippen LogP contribution in [0.15, 0.2) is 73.1 Å². The summed E-state index contributed by atoms with van der Waals surface area (Å²) in [6, 6.07) is 17.7. The monoisotopic (exact) mass is 959 g/mol. The summed E-state index contributed by atoms with van der Waals surface area (Å²) >= 11 is 0. The number of aliphatic hydroxyl groups excluding tert-OH is 1. The molecule has 70 heavy (non-hydrogen) atoms. The Hall–Kier alpha value is -6.96. The third-order valence-electron chi connectivity index (χ3n) is 13.7. The molecule has 0 radical (unpaired) electrons. The maximum Gasteiger partial charge on any atom is 0.410 e. The number of aromatic amines is 2. The number of benzene rings is 3. The molecule has 0 spiro atoms. The molecular weight excluding hydrogens is 899 g/mol. The summed E-state index contributed by atoms with van der Waals surface area (Å²) in [5, 5.41) is 15.7. The van der Waals surface area contributed by atoms with Crippen LogP contribution >= 0.6 is 0 Å². The van der Waals surface area contributed by atoms with Crippen LogP contribution in [0.2, 0.25) is 0 Å². The smallest absolute Gasteiger partial charge is 0.410 e. The van der Waals surface area contributed by atoms with Crippen LogP contribution in [0.4, 0.5) is 9.59 Å². The minimum Gasteiger partial charge on any atom is -0.454 e. The molecule has 19 heteroatoms. The van der Waals surface area contributed by atoms with E-state index >= 15 is 0 Å². The van der Waals surface area contributed by atoms with Crippen molar-refractivity contribution in [2.24, 2.45) is 11.8 Å². The molecule has 2 unspecified atom stereocenters. The molecule has 370 valence electrons. The van der Waals surface area contributed by atoms with Gasteiger partial charge in [0.15, 0.2) is 11.5 Å². The first-order valence-corrected chi connectivity index (χ1v) is 23.9. The van der Waals surface area contributed by atoms with Crippen molar-refractivity contribution in [3.8, 4) is 45.1 Å². The predicted octanol–water partition coefficient (Wildman–Crippen LogP) is 6.63. The van der Waals surface area contributed by atoms with Gasteiger partial charge in [-0.05, 0) is 65.0 Å². The number of hydrogen-bond donors (Lipinski definition) is 5. The van der Waals surface area contributed by atoms with Crippen molar-refractivity contribution in [2.75, 3.05) is 34.1 Å². The van der Waals surface area contributed by atoms with E-state index in [0.29, 0.717) is 37.0 Å². The molecule has 4 aliphatic rings. The molecule has 5 aromatic rings. The third-order valence-corrected chi connectivity index (χ3v) is 13.7. The molecule has 5 N–H and O–H groups in total. The van der Waals surface area contributed by atoms with Crippen LogP contribution in [-0.4, -0.2) is 122 Å². The summed E-state index contributed by atoms with van der Waals surface area (Å²) in [6.45, 7) is 9.05. The van der Waals surface area contributed by atoms with Crippen molar-refractivity contribution < 1.29 is 48.0 Å². The Bertz CT molecular complexity index is 2690. The number of likely N-dealkylation sites (tertiary alicyclic amines) is 2. The Kier molecular flexibility index (Phi) is 14.1. The molecule has 0 bridgehead atoms. The number of hydrogen-bond acceptors (Lipinski definition) is 13. The van der Waals surface area contributed by atoms with Gasteiger partial charge >= 0.3 is 12.2 Å². The molecule has 2 fully saturated rings. The SMILES string of the molecule is COC(=O)N[C@H](C(=O)N1C[C@@H](OC(=O)N2Cc3ccc4c(c3C2)OCO4)CC1c1ncc(-c2ccc(-c3ccc(-c4cnc([C@@H]5CCCCN5C(=O)[C@@H](NC(O)OC)C(C)C)[nH]4)cc3)cc2)[nH]1)C(C)C. The van der Waals surface area contributed by atoms with Crippen LogP contribution in [0.25, 0.3) is 33.6 Å². The van der Waals surface area contributed by atoms with E-state index in [-0.39, 0.29) is 49.5 Å². The highest BCUT2D eigenvalue weighted by Gasteiger charge is 2.44. The Labute approximate surface area is 406 Å². The fourth-order valence-corrected chi connectivity index (χ4v) is 9.87. The highest BCUT2D eigenvalue weighted by atomic mass is 16.7. The van der Waals surface area contributed by atoms with Gasteiger partial charge in [0.1, 0.15) is 23.8 Å². The number of rotatable bonds is 14. The van der Waals surface area contributed by atoms with Crippen LogP contribution in [0.5, 0.6) is 11.5 Å². The number of H-pyrrole nitrogens is 2. The van der Waals surface area contributed by atoms with Crippen molar-refractivity contribution in [2.45, 2.75) is 103 Å². The van der Waals surface area contributed by atoms with Gasteiger partial charge in [0.05, 0.1) is 62.1 Å². The second-order valence-electron chi connectivity index (χ2n) is 18.9. The molecular formula is C51H61N9O10. The fourth-order valence-electron chi connectivity index (χ4n) is 9.87. The van der Waals surface area contributed by atoms with E-state index in [1.165, 1.54) is 14.2 Å². The molecule has 4 aliphatic heterocycles. The number of carbonyl (C=O) groups excluding carboxylic acids is 4. The Morgan fingerprint density at radius 3 is 1.99 bits per heavy atom. The van der Waals surface area contributed by atoms with E-state index in [4.69, 9.17) is 33.7 Å². The zero-order chi connectivity index (χ0) is 49.2. The van der Waals surface area contributed by atoms with E-state index in [1.54, 1.807) is 16.0 Å². The first kappa shape index (κ1) is 48.1. The lowest BCUT2D eigenvalue weighted by atomic mass is 9.97. The van der Waals surface area contributed by atoms with Gasteiger partial charge in [-0.1, -0.05) is 82.3 Å². The maximum absolute atomic E-state index is 14.3. The largest absolute Gasteiger partial charge is 0.454 e. The minimum atomic E-state index is -1.25. The van der Waals surface area contributed by atoms with E-state index in [1.807, 2.05) is 87.3 Å². The summed E-state index contributed by atoms with van der Waals surface area (Å²) in [7, 11) is 2.63. The number of nitrogens with one attached hydrogen (secondary N) is 4. The predicted molar refractivity (Wildman–Crippen MR) is 255 cm³/mol. The van der Waals surface area contributed by atoms with Crippen LogP contribution in [0.1, 0.15) is 88.2 Å². The van der Waals surface area contributed by atoms with E-state index in [9.17, 15) is 24.3 Å². The van der Waals surface area contributed by atoms with Crippen LogP contribution in [-0.2, 0) is 36.9 Å². The number of aliphatic hydroxyl groups is 1. The molecule has 4 amide bonds. The van der Waals surface area contributed by atoms with Gasteiger partial charge in [0, 0.05) is 32.2 Å². The van der Waals surface area contributed by atoms with Gasteiger partial charge < -0.3 is 53.9 Å². The molecule has 3 aromatic carbocycles. The van der Waals surface area contributed by atoms with Crippen molar-refractivity contribution >= 4 is 24.0 Å². The number of imidazole rings is 2. The number of piperidine rings is 1. The first-order chi connectivity index (χ1) is 33.8. The number of nitrogens with zero attached hydrogens (tertiary/aromatic N) is 5. The summed E-state index contributed by atoms with van der Waals surface area (Å²) in [5.41, 5.74) is 7.29. The first-order valence-electron chi connectivity index (χ1n) is 23.9. The van der Waals surface area contributed by atoms with Gasteiger partial charge in [0.25, 0.3) is 0 Å². The van der Waals surface area contributed by atoms with Gasteiger partial charge in [-0.2, -0.15) is 0 Å². The van der Waals surface area contributed by atoms with Crippen molar-refractivity contribution in [1.29, 1.82) is 0 Å². The lowest BCUT2D eigenvalue weighted by Crippen LogP contribution is -2.54. The number of aromatic nitrogens is 4. The minimum absolute atomic E-state index is 0.0702. The Morgan fingerprint density at radius 1 is 0.757 bits per heavy atom. The number of alkyl carbamates (subject to hydrolysis) is 1. The Morgan fingerprint density at radius 2 is 1.37 bits per heavy atom. The second kappa shape index (κ2) is 20.6. The molecule has 2 aromatic heterocycles. The maximum atomic E-state index is 14.3. The number of ether oxygens (including phenoxy) is 5. The summed E-state index contributed by atoms with van der Waals surface area (Å²) in [6.07, 6.45) is 3.33. The van der Waals surface area contributed by atoms with Gasteiger partial charge in [-0.25, -0.2) is 19.6 Å². The fraction of sp³-hybridized carbons (Fsp3) is 0.451. The van der Waals surface area contributed by atoms with Crippen LogP contribution < -0.4 is 20.1 Å². The highest BCUT2D eigenvalue weighted by molar-refractivity contribution is 5.87. The normalized spacial score (nSPS) is 19.8. The lowest BCUT2D eigenvalue weighted by molar-refractivity contribution is -0.147. The number of fused-ring (bicyclic) bond motifs is 3. The Balaban J connectivity index is 0.877. The number of amides is 4. The number of carbonyl (C=O) groups is 4. The molecule has 2 saturated heterocycles. The van der Waals surface area contributed by atoms with E-state index < -0.39 is 42.8 Å². The average molecular weight is 960 g/mol. The summed E-state index contributed by atoms with van der Waals surface area (Å²) in [4.78, 5) is 75.7. The zero-order valence-corrected chi connectivity index (χ0v) is 40.3. The standard InChI is InChI=1S/C51H61N9O10/c1-28(2)42(56-49(63)66-5)47(61)59-20-8-7-9-39(59)45-52-22-37(54-45)32-14-10-30(11-15-32)31-12-16-33(17-13-31)38-23-53-46(55-38)40-21-35(25-60(40)48(62)43(29(3)4)57-50(64)67-6)70-51(65)58-24-34-18-19-41-44(36(34)26-58)69-27-68-41/h10-19,22-23,28-29,35,39-40,42-43,49,56,63H,7-9,20-21,24-27H2,1-6H3,(H,52,54)(H,53,55)(H,57,64)/t35-,39-,40?,42-,43-,49?/m0/s1. The molecule has 6 atom stereocenters. The van der Waals surface area contributed by atoms with Gasteiger partial charge in [-0.15, -0.1) is 0 Å². The molecule has 9 rings (SSSR count). The lowest BCUT2D eigenvalue weighted by Gasteiger charge is -2.38. The highest BCUT2D eigenvalue weighted by Crippen LogP contribution is 2.42. The van der Waals surface area contributed by atoms with Gasteiger partial charge in [-0.3, -0.25) is 19.8 Å². The third kappa shape index (κ3) is 9.91. The second-order valence-corrected chi connectivity index (χ2v) is 18.9. The average Bonchev–Trinajstić information content (AvgIpc) is 4.24. The number of methoxy groups -OCH3 is 2. The molecule has 19 nitrogen and oxygen atoms in total. The van der Waals surface area contributed by atoms with Crippen molar-refractivity contribution in [1.82, 2.24) is 45.3 Å². The van der Waals surface area contributed by atoms with E-state index in [0.717, 1.165) is 69.9 Å². The molecule has 0 aliphatic carbocycles. The van der Waals surface area contributed by atoms with Crippen LogP contribution in [0, 0.1) is 11.8 Å². The summed E-state index contributed by atoms with van der Waals surface area (Å²) < 4.78 is 27.2. The quantitative estimate of drug-likeness (QED) is 0.0738. The van der Waals surface area contributed by atoms with Crippen molar-refractivity contribution in [3.63, 3.8) is 0 Å². The van der Waals surface area contributed by atoms with Crippen molar-refractivity contribution in [3.05, 3.63) is 95.8 Å². The zero-order valence-electron chi connectivity index (χ0n) is 40.3. The molecule has 0 saturated carbocycles. The van der Waals surface area contributed by atoms with E-state index in [2.05, 4.69) is 32.7 Å². The molecule has 6 heterocycles. The summed E-state index contributed by atoms with van der Waals surface area (Å²) in [5.74, 6) is 1.77. The topological polar surface area (TPSA) is 226 Å².